The maximum Gasteiger partial charge on any atom is 0.234 e. The number of hydrogen-bond acceptors (Lipinski definition) is 3. The molecule has 1 heterocycles. The van der Waals surface area contributed by atoms with Crippen molar-refractivity contribution < 1.29 is 9.53 Å². The smallest absolute Gasteiger partial charge is 0.234 e. The predicted octanol–water partition coefficient (Wildman–Crippen LogP) is 2.07. The Balaban J connectivity index is 1.92. The molecule has 18 heavy (non-hydrogen) atoms. The fourth-order valence-corrected chi connectivity index (χ4v) is 3.32. The van der Waals surface area contributed by atoms with Crippen LogP contribution in [0, 0.1) is 0 Å². The van der Waals surface area contributed by atoms with E-state index in [1.807, 2.05) is 12.1 Å². The van der Waals surface area contributed by atoms with Gasteiger partial charge in [-0.3, -0.25) is 4.79 Å². The summed E-state index contributed by atoms with van der Waals surface area (Å²) in [5.74, 6) is 0.406. The molecule has 2 unspecified atom stereocenters. The van der Waals surface area contributed by atoms with Gasteiger partial charge in [0.1, 0.15) is 0 Å². The first-order valence-corrected chi connectivity index (χ1v) is 7.26. The van der Waals surface area contributed by atoms with E-state index in [1.165, 1.54) is 10.5 Å². The van der Waals surface area contributed by atoms with E-state index in [4.69, 9.17) is 16.3 Å². The minimum absolute atomic E-state index is 0.0406. The maximum absolute atomic E-state index is 12.1. The molecule has 0 bridgehead atoms. The van der Waals surface area contributed by atoms with Gasteiger partial charge in [-0.05, 0) is 18.1 Å². The molecule has 1 aliphatic heterocycles. The summed E-state index contributed by atoms with van der Waals surface area (Å²) in [5.41, 5.74) is 1.25. The molecular formula is C13H16ClNO2S. The van der Waals surface area contributed by atoms with Crippen LogP contribution in [0.2, 0.25) is 0 Å². The van der Waals surface area contributed by atoms with Crippen molar-refractivity contribution in [1.29, 1.82) is 0 Å². The number of amides is 1. The Morgan fingerprint density at radius 1 is 1.61 bits per heavy atom. The number of nitrogens with one attached hydrogen (secondary N) is 1. The lowest BCUT2D eigenvalue weighted by atomic mass is 10.1. The zero-order chi connectivity index (χ0) is 13.0. The number of halogens is 1. The van der Waals surface area contributed by atoms with E-state index < -0.39 is 0 Å². The summed E-state index contributed by atoms with van der Waals surface area (Å²) in [7, 11) is 1.60. The van der Waals surface area contributed by atoms with E-state index in [0.29, 0.717) is 12.5 Å². The van der Waals surface area contributed by atoms with Gasteiger partial charge in [0.25, 0.3) is 0 Å². The van der Waals surface area contributed by atoms with E-state index in [-0.39, 0.29) is 17.2 Å². The molecule has 0 aromatic heterocycles. The van der Waals surface area contributed by atoms with Crippen LogP contribution in [-0.4, -0.2) is 36.8 Å². The number of carbonyl (C=O) groups excluding carboxylic acids is 1. The summed E-state index contributed by atoms with van der Waals surface area (Å²) < 4.78 is 5.01. The van der Waals surface area contributed by atoms with E-state index in [9.17, 15) is 4.79 Å². The third-order valence-electron chi connectivity index (χ3n) is 2.84. The Morgan fingerprint density at radius 3 is 3.06 bits per heavy atom. The van der Waals surface area contributed by atoms with Crippen LogP contribution in [0.1, 0.15) is 5.56 Å². The molecule has 0 saturated carbocycles. The average molecular weight is 286 g/mol. The molecule has 98 valence electrons. The van der Waals surface area contributed by atoms with Gasteiger partial charge in [0.05, 0.1) is 17.9 Å². The highest BCUT2D eigenvalue weighted by atomic mass is 35.5. The Bertz CT molecular complexity index is 402. The molecule has 0 saturated heterocycles. The van der Waals surface area contributed by atoms with Crippen LogP contribution in [0.25, 0.3) is 0 Å². The summed E-state index contributed by atoms with van der Waals surface area (Å²) in [4.78, 5) is 13.3. The maximum atomic E-state index is 12.1. The Kier molecular flexibility index (Phi) is 4.92. The quantitative estimate of drug-likeness (QED) is 0.842. The lowest BCUT2D eigenvalue weighted by Crippen LogP contribution is -2.43. The highest BCUT2D eigenvalue weighted by Gasteiger charge is 2.28. The summed E-state index contributed by atoms with van der Waals surface area (Å²) in [6, 6.07) is 8.02. The summed E-state index contributed by atoms with van der Waals surface area (Å²) in [6.45, 7) is 0.444. The SMILES string of the molecule is COCC(CCl)NC(=O)C1Cc2ccccc2S1. The number of hydrogen-bond donors (Lipinski definition) is 1. The molecular weight excluding hydrogens is 270 g/mol. The molecule has 5 heteroatoms. The molecule has 0 radical (unpaired) electrons. The van der Waals surface area contributed by atoms with Gasteiger partial charge in [-0.1, -0.05) is 18.2 Å². The third-order valence-corrected chi connectivity index (χ3v) is 4.53. The number of fused-ring (bicyclic) bond motifs is 1. The van der Waals surface area contributed by atoms with Crippen LogP contribution >= 0.6 is 23.4 Å². The van der Waals surface area contributed by atoms with Crippen molar-refractivity contribution in [3.8, 4) is 0 Å². The van der Waals surface area contributed by atoms with Crippen molar-refractivity contribution >= 4 is 29.3 Å². The summed E-state index contributed by atoms with van der Waals surface area (Å²) in [6.07, 6.45) is 0.786. The van der Waals surface area contributed by atoms with Gasteiger partial charge in [-0.25, -0.2) is 0 Å². The van der Waals surface area contributed by atoms with Gasteiger partial charge >= 0.3 is 0 Å². The third kappa shape index (κ3) is 3.19. The molecule has 3 nitrogen and oxygen atoms in total. The Morgan fingerprint density at radius 2 is 2.39 bits per heavy atom. The second-order valence-corrected chi connectivity index (χ2v) is 5.79. The van der Waals surface area contributed by atoms with Gasteiger partial charge < -0.3 is 10.1 Å². The molecule has 0 fully saturated rings. The van der Waals surface area contributed by atoms with Crippen molar-refractivity contribution in [2.45, 2.75) is 22.6 Å². The summed E-state index contributed by atoms with van der Waals surface area (Å²) in [5, 5.41) is 2.88. The number of rotatable bonds is 5. The highest BCUT2D eigenvalue weighted by Crippen LogP contribution is 2.36. The first kappa shape index (κ1) is 13.7. The number of alkyl halides is 1. The van der Waals surface area contributed by atoms with Crippen LogP contribution < -0.4 is 5.32 Å². The Labute approximate surface area is 116 Å². The second kappa shape index (κ2) is 6.45. The van der Waals surface area contributed by atoms with Crippen molar-refractivity contribution in [1.82, 2.24) is 5.32 Å². The zero-order valence-electron chi connectivity index (χ0n) is 10.2. The normalized spacial score (nSPS) is 19.3. The van der Waals surface area contributed by atoms with E-state index in [1.54, 1.807) is 18.9 Å². The van der Waals surface area contributed by atoms with Crippen LogP contribution in [0.15, 0.2) is 29.2 Å². The van der Waals surface area contributed by atoms with Gasteiger partial charge in [0.2, 0.25) is 5.91 Å². The van der Waals surface area contributed by atoms with Crippen LogP contribution in [0.3, 0.4) is 0 Å². The molecule has 0 spiro atoms. The minimum atomic E-state index is -0.117. The largest absolute Gasteiger partial charge is 0.383 e. The molecule has 1 aromatic carbocycles. The van der Waals surface area contributed by atoms with Crippen LogP contribution in [0.4, 0.5) is 0 Å². The van der Waals surface area contributed by atoms with Gasteiger partial charge in [0.15, 0.2) is 0 Å². The van der Waals surface area contributed by atoms with E-state index in [0.717, 1.165) is 6.42 Å². The van der Waals surface area contributed by atoms with Crippen LogP contribution in [0.5, 0.6) is 0 Å². The topological polar surface area (TPSA) is 38.3 Å². The molecule has 2 atom stereocenters. The van der Waals surface area contributed by atoms with Crippen LogP contribution in [-0.2, 0) is 16.0 Å². The molecule has 1 N–H and O–H groups in total. The lowest BCUT2D eigenvalue weighted by molar-refractivity contribution is -0.121. The molecule has 1 aliphatic rings. The fraction of sp³-hybridized carbons (Fsp3) is 0.462. The highest BCUT2D eigenvalue weighted by molar-refractivity contribution is 8.01. The van der Waals surface area contributed by atoms with Gasteiger partial charge in [0, 0.05) is 17.9 Å². The minimum Gasteiger partial charge on any atom is -0.383 e. The second-order valence-electron chi connectivity index (χ2n) is 4.23. The van der Waals surface area contributed by atoms with Gasteiger partial charge in [-0.2, -0.15) is 0 Å². The number of benzene rings is 1. The van der Waals surface area contributed by atoms with Crippen molar-refractivity contribution in [2.24, 2.45) is 0 Å². The monoisotopic (exact) mass is 285 g/mol. The number of ether oxygens (including phenoxy) is 1. The number of methoxy groups -OCH3 is 1. The standard InChI is InChI=1S/C13H16ClNO2S/c1-17-8-10(7-14)15-13(16)12-6-9-4-2-3-5-11(9)18-12/h2-5,10,12H,6-8H2,1H3,(H,15,16). The van der Waals surface area contributed by atoms with Crippen molar-refractivity contribution in [3.63, 3.8) is 0 Å². The summed E-state index contributed by atoms with van der Waals surface area (Å²) >= 11 is 7.40. The molecule has 1 aromatic rings. The molecule has 0 aliphatic carbocycles. The predicted molar refractivity (Wildman–Crippen MR) is 74.3 cm³/mol. The average Bonchev–Trinajstić information content (AvgIpc) is 2.82. The van der Waals surface area contributed by atoms with E-state index >= 15 is 0 Å². The number of thioether (sulfide) groups is 1. The first-order chi connectivity index (χ1) is 8.74. The van der Waals surface area contributed by atoms with E-state index in [2.05, 4.69) is 17.4 Å². The fourth-order valence-electron chi connectivity index (χ4n) is 1.95. The number of carbonyl (C=O) groups is 1. The van der Waals surface area contributed by atoms with Gasteiger partial charge in [-0.15, -0.1) is 23.4 Å². The van der Waals surface area contributed by atoms with Crippen molar-refractivity contribution in [3.05, 3.63) is 29.8 Å². The lowest BCUT2D eigenvalue weighted by Gasteiger charge is -2.17. The molecule has 1 amide bonds. The molecule has 2 rings (SSSR count). The van der Waals surface area contributed by atoms with Crippen molar-refractivity contribution in [2.75, 3.05) is 19.6 Å². The first-order valence-electron chi connectivity index (χ1n) is 5.84. The Hall–Kier alpha value is -0.710. The zero-order valence-corrected chi connectivity index (χ0v) is 11.8.